The van der Waals surface area contributed by atoms with Crippen molar-refractivity contribution in [3.63, 3.8) is 0 Å². The third-order valence-corrected chi connectivity index (χ3v) is 4.10. The third kappa shape index (κ3) is 4.18. The molecule has 1 heterocycles. The van der Waals surface area contributed by atoms with Gasteiger partial charge < -0.3 is 10.6 Å². The molecule has 0 radical (unpaired) electrons. The molecule has 2 atom stereocenters. The molecule has 2 rings (SSSR count). The minimum atomic E-state index is -4.30. The molecule has 1 aliphatic rings. The fourth-order valence-corrected chi connectivity index (χ4v) is 2.70. The molecule has 6 heteroatoms. The maximum absolute atomic E-state index is 12.5. The second kappa shape index (κ2) is 6.34. The van der Waals surface area contributed by atoms with E-state index in [0.29, 0.717) is 12.6 Å². The molecule has 0 aromatic heterocycles. The smallest absolute Gasteiger partial charge is 0.323 e. The predicted octanol–water partition coefficient (Wildman–Crippen LogP) is 2.34. The van der Waals surface area contributed by atoms with Crippen molar-refractivity contribution in [3.05, 3.63) is 35.4 Å². The van der Waals surface area contributed by atoms with Crippen molar-refractivity contribution in [3.8, 4) is 0 Å². The van der Waals surface area contributed by atoms with Crippen molar-refractivity contribution in [2.45, 2.75) is 24.7 Å². The lowest BCUT2D eigenvalue weighted by Crippen LogP contribution is -2.34. The largest absolute Gasteiger partial charge is 0.416 e. The van der Waals surface area contributed by atoms with Crippen molar-refractivity contribution < 1.29 is 13.2 Å². The number of halogens is 3. The predicted molar refractivity (Wildman–Crippen MR) is 76.9 cm³/mol. The molecule has 1 aromatic carbocycles. The molecular weight excluding hydrogens is 279 g/mol. The summed E-state index contributed by atoms with van der Waals surface area (Å²) in [6.45, 7) is 2.62. The summed E-state index contributed by atoms with van der Waals surface area (Å²) in [5.41, 5.74) is 6.23. The number of nitrogens with zero attached hydrogens (tertiary/aromatic N) is 2. The molecule has 0 bridgehead atoms. The van der Waals surface area contributed by atoms with E-state index >= 15 is 0 Å². The minimum absolute atomic E-state index is 0.256. The normalized spacial score (nSPS) is 22.0. The SMILES string of the molecule is CN(C)C1CCN(CC(N)c2ccc(C(F)(F)F)cc2)C1. The van der Waals surface area contributed by atoms with Crippen LogP contribution in [-0.4, -0.2) is 49.6 Å². The molecule has 0 spiro atoms. The zero-order chi connectivity index (χ0) is 15.6. The summed E-state index contributed by atoms with van der Waals surface area (Å²) in [7, 11) is 4.12. The van der Waals surface area contributed by atoms with Crippen LogP contribution >= 0.6 is 0 Å². The maximum atomic E-state index is 12.5. The first-order valence-electron chi connectivity index (χ1n) is 7.09. The van der Waals surface area contributed by atoms with Crippen LogP contribution in [0, 0.1) is 0 Å². The molecule has 0 amide bonds. The summed E-state index contributed by atoms with van der Waals surface area (Å²) >= 11 is 0. The van der Waals surface area contributed by atoms with Gasteiger partial charge in [0.15, 0.2) is 0 Å². The summed E-state index contributed by atoms with van der Waals surface area (Å²) in [6.07, 6.45) is -3.19. The highest BCUT2D eigenvalue weighted by Gasteiger charge is 2.30. The molecular formula is C15H22F3N3. The summed E-state index contributed by atoms with van der Waals surface area (Å²) < 4.78 is 37.6. The highest BCUT2D eigenvalue weighted by molar-refractivity contribution is 5.26. The molecule has 1 saturated heterocycles. The Morgan fingerprint density at radius 1 is 1.29 bits per heavy atom. The first kappa shape index (κ1) is 16.3. The van der Waals surface area contributed by atoms with Crippen LogP contribution in [0.2, 0.25) is 0 Å². The number of nitrogens with two attached hydrogens (primary N) is 1. The molecule has 1 aliphatic heterocycles. The molecule has 21 heavy (non-hydrogen) atoms. The highest BCUT2D eigenvalue weighted by atomic mass is 19.4. The zero-order valence-corrected chi connectivity index (χ0v) is 12.4. The molecule has 0 aliphatic carbocycles. The van der Waals surface area contributed by atoms with Crippen molar-refractivity contribution >= 4 is 0 Å². The summed E-state index contributed by atoms with van der Waals surface area (Å²) in [5.74, 6) is 0. The van der Waals surface area contributed by atoms with Gasteiger partial charge in [0.2, 0.25) is 0 Å². The van der Waals surface area contributed by atoms with E-state index in [4.69, 9.17) is 5.73 Å². The fourth-order valence-electron chi connectivity index (χ4n) is 2.70. The van der Waals surface area contributed by atoms with E-state index < -0.39 is 11.7 Å². The van der Waals surface area contributed by atoms with E-state index in [1.807, 2.05) is 0 Å². The van der Waals surface area contributed by atoms with E-state index in [2.05, 4.69) is 23.9 Å². The molecule has 2 N–H and O–H groups in total. The van der Waals surface area contributed by atoms with Gasteiger partial charge in [0.1, 0.15) is 0 Å². The summed E-state index contributed by atoms with van der Waals surface area (Å²) in [5, 5.41) is 0. The Bertz CT molecular complexity index is 456. The highest BCUT2D eigenvalue weighted by Crippen LogP contribution is 2.30. The minimum Gasteiger partial charge on any atom is -0.323 e. The number of hydrogen-bond acceptors (Lipinski definition) is 3. The van der Waals surface area contributed by atoms with Crippen LogP contribution < -0.4 is 5.73 Å². The molecule has 0 saturated carbocycles. The van der Waals surface area contributed by atoms with E-state index in [-0.39, 0.29) is 6.04 Å². The van der Waals surface area contributed by atoms with Gasteiger partial charge in [-0.05, 0) is 44.8 Å². The van der Waals surface area contributed by atoms with Crippen LogP contribution in [0.25, 0.3) is 0 Å². The topological polar surface area (TPSA) is 32.5 Å². The third-order valence-electron chi connectivity index (χ3n) is 4.10. The number of hydrogen-bond donors (Lipinski definition) is 1. The Morgan fingerprint density at radius 2 is 1.90 bits per heavy atom. The Kier molecular flexibility index (Phi) is 4.91. The van der Waals surface area contributed by atoms with E-state index in [1.54, 1.807) is 0 Å². The molecule has 2 unspecified atom stereocenters. The number of benzene rings is 1. The van der Waals surface area contributed by atoms with Gasteiger partial charge in [0, 0.05) is 25.2 Å². The lowest BCUT2D eigenvalue weighted by molar-refractivity contribution is -0.137. The first-order valence-corrected chi connectivity index (χ1v) is 7.09. The zero-order valence-electron chi connectivity index (χ0n) is 12.4. The average molecular weight is 301 g/mol. The Morgan fingerprint density at radius 3 is 2.38 bits per heavy atom. The van der Waals surface area contributed by atoms with Crippen molar-refractivity contribution in [2.75, 3.05) is 33.7 Å². The van der Waals surface area contributed by atoms with Crippen LogP contribution in [0.3, 0.4) is 0 Å². The van der Waals surface area contributed by atoms with Gasteiger partial charge in [0.05, 0.1) is 5.56 Å². The first-order chi connectivity index (χ1) is 9.77. The van der Waals surface area contributed by atoms with Crippen LogP contribution in [-0.2, 0) is 6.18 Å². The van der Waals surface area contributed by atoms with Gasteiger partial charge in [-0.2, -0.15) is 13.2 Å². The Labute approximate surface area is 123 Å². The average Bonchev–Trinajstić information content (AvgIpc) is 2.86. The van der Waals surface area contributed by atoms with Crippen molar-refractivity contribution in [1.29, 1.82) is 0 Å². The number of likely N-dealkylation sites (tertiary alicyclic amines) is 1. The Hall–Kier alpha value is -1.11. The van der Waals surface area contributed by atoms with Crippen LogP contribution in [0.5, 0.6) is 0 Å². The maximum Gasteiger partial charge on any atom is 0.416 e. The van der Waals surface area contributed by atoms with E-state index in [1.165, 1.54) is 12.1 Å². The Balaban J connectivity index is 1.93. The van der Waals surface area contributed by atoms with E-state index in [0.717, 1.165) is 37.2 Å². The number of rotatable bonds is 4. The lowest BCUT2D eigenvalue weighted by atomic mass is 10.0. The van der Waals surface area contributed by atoms with Gasteiger partial charge in [-0.25, -0.2) is 0 Å². The van der Waals surface area contributed by atoms with Gasteiger partial charge in [-0.15, -0.1) is 0 Å². The van der Waals surface area contributed by atoms with Gasteiger partial charge >= 0.3 is 6.18 Å². The number of alkyl halides is 3. The summed E-state index contributed by atoms with van der Waals surface area (Å²) in [4.78, 5) is 4.47. The molecule has 3 nitrogen and oxygen atoms in total. The second-order valence-corrected chi connectivity index (χ2v) is 5.89. The molecule has 118 valence electrons. The number of likely N-dealkylation sites (N-methyl/N-ethyl adjacent to an activating group) is 1. The lowest BCUT2D eigenvalue weighted by Gasteiger charge is -2.23. The van der Waals surface area contributed by atoms with Crippen molar-refractivity contribution in [2.24, 2.45) is 5.73 Å². The summed E-state index contributed by atoms with van der Waals surface area (Å²) in [6, 6.07) is 5.43. The fraction of sp³-hybridized carbons (Fsp3) is 0.600. The van der Waals surface area contributed by atoms with Crippen LogP contribution in [0.15, 0.2) is 24.3 Å². The van der Waals surface area contributed by atoms with Gasteiger partial charge in [0.25, 0.3) is 0 Å². The van der Waals surface area contributed by atoms with Crippen LogP contribution in [0.1, 0.15) is 23.6 Å². The molecule has 1 fully saturated rings. The van der Waals surface area contributed by atoms with Gasteiger partial charge in [-0.3, -0.25) is 4.90 Å². The monoisotopic (exact) mass is 301 g/mol. The van der Waals surface area contributed by atoms with Crippen molar-refractivity contribution in [1.82, 2.24) is 9.80 Å². The standard InChI is InChI=1S/C15H22F3N3/c1-20(2)13-7-8-21(9-13)10-14(19)11-3-5-12(6-4-11)15(16,17)18/h3-6,13-14H,7-10,19H2,1-2H3. The van der Waals surface area contributed by atoms with E-state index in [9.17, 15) is 13.2 Å². The van der Waals surface area contributed by atoms with Crippen LogP contribution in [0.4, 0.5) is 13.2 Å². The quantitative estimate of drug-likeness (QED) is 0.926. The second-order valence-electron chi connectivity index (χ2n) is 5.89. The van der Waals surface area contributed by atoms with Gasteiger partial charge in [-0.1, -0.05) is 12.1 Å². The molecule has 1 aromatic rings.